The Balaban J connectivity index is 1.50. The van der Waals surface area contributed by atoms with E-state index in [1.165, 1.54) is 0 Å². The highest BCUT2D eigenvalue weighted by molar-refractivity contribution is 7.90. The standard InChI is InChI=1S/C19H24F3N5O2S/c1-23-18(26-13-16-5-2-4-15-6-3-9-24-17(15)16)25-12-14-7-10-27(11-8-14)30(28,29)19(20,21)22/h2-6,9,14H,7-8,10-13H2,1H3,(H2,23,25,26). The predicted octanol–water partition coefficient (Wildman–Crippen LogP) is 2.46. The minimum Gasteiger partial charge on any atom is -0.356 e. The van der Waals surface area contributed by atoms with E-state index in [2.05, 4.69) is 20.6 Å². The Morgan fingerprint density at radius 2 is 1.90 bits per heavy atom. The predicted molar refractivity (Wildman–Crippen MR) is 109 cm³/mol. The van der Waals surface area contributed by atoms with E-state index >= 15 is 0 Å². The van der Waals surface area contributed by atoms with Gasteiger partial charge in [0.2, 0.25) is 0 Å². The van der Waals surface area contributed by atoms with Crippen molar-refractivity contribution in [2.45, 2.75) is 24.9 Å². The molecule has 0 atom stereocenters. The van der Waals surface area contributed by atoms with E-state index in [0.717, 1.165) is 16.5 Å². The van der Waals surface area contributed by atoms with Crippen LogP contribution in [0.2, 0.25) is 0 Å². The lowest BCUT2D eigenvalue weighted by atomic mass is 9.98. The van der Waals surface area contributed by atoms with E-state index in [1.54, 1.807) is 13.2 Å². The van der Waals surface area contributed by atoms with Gasteiger partial charge in [0.15, 0.2) is 5.96 Å². The Hall–Kier alpha value is -2.40. The number of guanidine groups is 1. The summed E-state index contributed by atoms with van der Waals surface area (Å²) in [5.41, 5.74) is -3.33. The van der Waals surface area contributed by atoms with Crippen LogP contribution in [-0.2, 0) is 16.6 Å². The van der Waals surface area contributed by atoms with Crippen molar-refractivity contribution in [1.82, 2.24) is 19.9 Å². The molecule has 7 nitrogen and oxygen atoms in total. The smallest absolute Gasteiger partial charge is 0.356 e. The number of aliphatic imine (C=N–C) groups is 1. The van der Waals surface area contributed by atoms with Gasteiger partial charge >= 0.3 is 15.5 Å². The molecule has 1 aliphatic rings. The van der Waals surface area contributed by atoms with Crippen molar-refractivity contribution in [3.05, 3.63) is 42.1 Å². The molecular weight excluding hydrogens is 419 g/mol. The second-order valence-electron chi connectivity index (χ2n) is 7.09. The topological polar surface area (TPSA) is 86.7 Å². The van der Waals surface area contributed by atoms with Crippen LogP contribution in [0.4, 0.5) is 13.2 Å². The van der Waals surface area contributed by atoms with Gasteiger partial charge in [-0.15, -0.1) is 0 Å². The molecule has 0 bridgehead atoms. The summed E-state index contributed by atoms with van der Waals surface area (Å²) in [6, 6.07) is 9.80. The summed E-state index contributed by atoms with van der Waals surface area (Å²) in [7, 11) is -3.61. The fourth-order valence-electron chi connectivity index (χ4n) is 3.45. The minimum absolute atomic E-state index is 0.0578. The fourth-order valence-corrected chi connectivity index (χ4v) is 4.44. The van der Waals surface area contributed by atoms with Gasteiger partial charge in [0.1, 0.15) is 0 Å². The molecule has 1 fully saturated rings. The molecule has 30 heavy (non-hydrogen) atoms. The van der Waals surface area contributed by atoms with Gasteiger partial charge < -0.3 is 10.6 Å². The molecule has 0 spiro atoms. The summed E-state index contributed by atoms with van der Waals surface area (Å²) in [6.07, 6.45) is 2.45. The molecule has 0 amide bonds. The van der Waals surface area contributed by atoms with E-state index in [4.69, 9.17) is 0 Å². The maximum Gasteiger partial charge on any atom is 0.511 e. The van der Waals surface area contributed by atoms with Crippen LogP contribution in [0.15, 0.2) is 41.5 Å². The number of alkyl halides is 3. The van der Waals surface area contributed by atoms with E-state index in [9.17, 15) is 21.6 Å². The second-order valence-corrected chi connectivity index (χ2v) is 9.02. The number of pyridine rings is 1. The molecule has 164 valence electrons. The van der Waals surface area contributed by atoms with Crippen LogP contribution in [0, 0.1) is 5.92 Å². The van der Waals surface area contributed by atoms with E-state index < -0.39 is 15.5 Å². The molecule has 1 aromatic carbocycles. The molecular formula is C19H24F3N5O2S. The van der Waals surface area contributed by atoms with Crippen molar-refractivity contribution < 1.29 is 21.6 Å². The molecule has 1 saturated heterocycles. The van der Waals surface area contributed by atoms with Gasteiger partial charge in [-0.25, -0.2) is 8.42 Å². The number of nitrogens with one attached hydrogen (secondary N) is 2. The van der Waals surface area contributed by atoms with Gasteiger partial charge in [-0.1, -0.05) is 24.3 Å². The van der Waals surface area contributed by atoms with Crippen LogP contribution in [0.1, 0.15) is 18.4 Å². The van der Waals surface area contributed by atoms with Crippen LogP contribution in [0.3, 0.4) is 0 Å². The first-order chi connectivity index (χ1) is 14.2. The summed E-state index contributed by atoms with van der Waals surface area (Å²) >= 11 is 0. The van der Waals surface area contributed by atoms with E-state index in [1.807, 2.05) is 30.3 Å². The fraction of sp³-hybridized carbons (Fsp3) is 0.474. The summed E-state index contributed by atoms with van der Waals surface area (Å²) in [6.45, 7) is 0.730. The molecule has 0 unspecified atom stereocenters. The number of nitrogens with zero attached hydrogens (tertiary/aromatic N) is 3. The molecule has 0 saturated carbocycles. The summed E-state index contributed by atoms with van der Waals surface area (Å²) in [4.78, 5) is 8.59. The maximum absolute atomic E-state index is 12.7. The molecule has 2 heterocycles. The molecule has 1 aliphatic heterocycles. The molecule has 3 rings (SSSR count). The normalized spacial score (nSPS) is 17.3. The molecule has 2 N–H and O–H groups in total. The highest BCUT2D eigenvalue weighted by atomic mass is 32.2. The molecule has 1 aromatic heterocycles. The van der Waals surface area contributed by atoms with Crippen molar-refractivity contribution in [3.63, 3.8) is 0 Å². The third-order valence-corrected chi connectivity index (χ3v) is 6.78. The summed E-state index contributed by atoms with van der Waals surface area (Å²) in [5, 5.41) is 7.43. The van der Waals surface area contributed by atoms with Crippen molar-refractivity contribution in [3.8, 4) is 0 Å². The summed E-state index contributed by atoms with van der Waals surface area (Å²) < 4.78 is 61.5. The lowest BCUT2D eigenvalue weighted by Gasteiger charge is -2.31. The largest absolute Gasteiger partial charge is 0.511 e. The number of piperidine rings is 1. The van der Waals surface area contributed by atoms with E-state index in [0.29, 0.717) is 36.2 Å². The lowest BCUT2D eigenvalue weighted by molar-refractivity contribution is -0.0496. The van der Waals surface area contributed by atoms with Gasteiger partial charge in [0.25, 0.3) is 0 Å². The Labute approximate surface area is 173 Å². The van der Waals surface area contributed by atoms with Crippen molar-refractivity contribution >= 4 is 26.9 Å². The first-order valence-corrected chi connectivity index (χ1v) is 11.0. The Morgan fingerprint density at radius 3 is 2.57 bits per heavy atom. The molecule has 0 aliphatic carbocycles. The Morgan fingerprint density at radius 1 is 1.20 bits per heavy atom. The number of para-hydroxylation sites is 1. The van der Waals surface area contributed by atoms with E-state index in [-0.39, 0.29) is 19.0 Å². The minimum atomic E-state index is -5.25. The van der Waals surface area contributed by atoms with Crippen molar-refractivity contribution in [2.24, 2.45) is 10.9 Å². The first-order valence-electron chi connectivity index (χ1n) is 9.56. The van der Waals surface area contributed by atoms with Gasteiger partial charge in [-0.05, 0) is 30.4 Å². The van der Waals surface area contributed by atoms with Crippen molar-refractivity contribution in [1.29, 1.82) is 0 Å². The number of hydrogen-bond donors (Lipinski definition) is 2. The van der Waals surface area contributed by atoms with Crippen LogP contribution in [0.25, 0.3) is 10.9 Å². The van der Waals surface area contributed by atoms with Crippen LogP contribution in [0.5, 0.6) is 0 Å². The number of rotatable bonds is 5. The third-order valence-electron chi connectivity index (χ3n) is 5.15. The Kier molecular flexibility index (Phi) is 6.81. The quantitative estimate of drug-likeness (QED) is 0.548. The molecule has 0 radical (unpaired) electrons. The SMILES string of the molecule is CN=C(NCc1cccc2cccnc12)NCC1CCN(S(=O)(=O)C(F)(F)F)CC1. The zero-order chi connectivity index (χ0) is 21.8. The summed E-state index contributed by atoms with van der Waals surface area (Å²) in [5.74, 6) is 0.621. The number of aromatic nitrogens is 1. The number of benzene rings is 1. The average Bonchev–Trinajstić information content (AvgIpc) is 2.73. The third kappa shape index (κ3) is 5.01. The monoisotopic (exact) mass is 443 g/mol. The second kappa shape index (κ2) is 9.17. The van der Waals surface area contributed by atoms with Gasteiger partial charge in [0.05, 0.1) is 5.52 Å². The number of hydrogen-bond acceptors (Lipinski definition) is 4. The van der Waals surface area contributed by atoms with Gasteiger partial charge in [0, 0.05) is 44.8 Å². The molecule has 11 heteroatoms. The van der Waals surface area contributed by atoms with Crippen LogP contribution >= 0.6 is 0 Å². The maximum atomic E-state index is 12.7. The number of halogens is 3. The molecule has 2 aromatic rings. The zero-order valence-electron chi connectivity index (χ0n) is 16.5. The van der Waals surface area contributed by atoms with Crippen molar-refractivity contribution in [2.75, 3.05) is 26.7 Å². The zero-order valence-corrected chi connectivity index (χ0v) is 17.3. The number of fused-ring (bicyclic) bond motifs is 1. The lowest BCUT2D eigenvalue weighted by Crippen LogP contribution is -2.47. The highest BCUT2D eigenvalue weighted by Gasteiger charge is 2.50. The van der Waals surface area contributed by atoms with Crippen LogP contribution < -0.4 is 10.6 Å². The highest BCUT2D eigenvalue weighted by Crippen LogP contribution is 2.30. The van der Waals surface area contributed by atoms with Gasteiger partial charge in [-0.3, -0.25) is 9.98 Å². The Bertz CT molecular complexity index is 997. The first kappa shape index (κ1) is 22.3. The average molecular weight is 443 g/mol. The van der Waals surface area contributed by atoms with Gasteiger partial charge in [-0.2, -0.15) is 17.5 Å². The van der Waals surface area contributed by atoms with Crippen LogP contribution in [-0.4, -0.2) is 55.9 Å². The number of sulfonamides is 1.